The van der Waals surface area contributed by atoms with E-state index >= 15 is 0 Å². The Kier molecular flexibility index (Phi) is 4.30. The van der Waals surface area contributed by atoms with Gasteiger partial charge in [-0.15, -0.1) is 0 Å². The normalized spacial score (nSPS) is 8.87. The van der Waals surface area contributed by atoms with E-state index in [9.17, 15) is 0 Å². The Morgan fingerprint density at radius 1 is 1.20 bits per heavy atom. The molecule has 76 valence electrons. The molecule has 0 fully saturated rings. The lowest BCUT2D eigenvalue weighted by Gasteiger charge is -2.00. The van der Waals surface area contributed by atoms with Gasteiger partial charge in [-0.25, -0.2) is 0 Å². The molecule has 0 saturated heterocycles. The molecular weight excluding hydrogens is 184 g/mol. The summed E-state index contributed by atoms with van der Waals surface area (Å²) in [5.74, 6) is 0. The van der Waals surface area contributed by atoms with E-state index in [-0.39, 0.29) is 0 Å². The quantitative estimate of drug-likeness (QED) is 0.704. The van der Waals surface area contributed by atoms with Crippen molar-refractivity contribution in [2.45, 2.75) is 20.3 Å². The van der Waals surface area contributed by atoms with Gasteiger partial charge in [-0.2, -0.15) is 5.26 Å². The summed E-state index contributed by atoms with van der Waals surface area (Å²) in [6.45, 7) is 4.00. The Balaban J connectivity index is 0.000000531. The van der Waals surface area contributed by atoms with Gasteiger partial charge in [-0.1, -0.05) is 38.1 Å². The van der Waals surface area contributed by atoms with Crippen molar-refractivity contribution in [1.82, 2.24) is 4.98 Å². The molecule has 0 unspecified atom stereocenters. The molecule has 2 rings (SSSR count). The Hall–Kier alpha value is -1.88. The number of fused-ring (bicyclic) bond motifs is 1. The number of rotatable bonds is 1. The van der Waals surface area contributed by atoms with Gasteiger partial charge in [0.05, 0.1) is 12.5 Å². The molecule has 0 spiro atoms. The van der Waals surface area contributed by atoms with Crippen molar-refractivity contribution in [2.75, 3.05) is 0 Å². The number of nitrogens with zero attached hydrogens (tertiary/aromatic N) is 2. The Labute approximate surface area is 90.2 Å². The van der Waals surface area contributed by atoms with Crippen molar-refractivity contribution in [3.63, 3.8) is 0 Å². The van der Waals surface area contributed by atoms with E-state index in [0.717, 1.165) is 16.3 Å². The molecule has 0 aliphatic rings. The summed E-state index contributed by atoms with van der Waals surface area (Å²) >= 11 is 0. The lowest BCUT2D eigenvalue weighted by atomic mass is 10.1. The number of pyridine rings is 1. The van der Waals surface area contributed by atoms with Crippen molar-refractivity contribution in [3.05, 3.63) is 42.2 Å². The van der Waals surface area contributed by atoms with Gasteiger partial charge in [0.2, 0.25) is 0 Å². The largest absolute Gasteiger partial charge is 0.264 e. The van der Waals surface area contributed by atoms with Crippen molar-refractivity contribution in [3.8, 4) is 6.07 Å². The van der Waals surface area contributed by atoms with Gasteiger partial charge in [0.25, 0.3) is 0 Å². The predicted octanol–water partition coefficient (Wildman–Crippen LogP) is 3.33. The smallest absolute Gasteiger partial charge is 0.0670 e. The fourth-order valence-electron chi connectivity index (χ4n) is 1.41. The van der Waals surface area contributed by atoms with Gasteiger partial charge in [0, 0.05) is 17.8 Å². The van der Waals surface area contributed by atoms with Crippen LogP contribution in [0.1, 0.15) is 19.4 Å². The highest BCUT2D eigenvalue weighted by Gasteiger charge is 1.98. The molecule has 1 heterocycles. The molecule has 1 aromatic heterocycles. The second-order valence-corrected chi connectivity index (χ2v) is 2.85. The third-order valence-electron chi connectivity index (χ3n) is 2.02. The summed E-state index contributed by atoms with van der Waals surface area (Å²) < 4.78 is 0. The molecule has 0 aliphatic carbocycles. The second kappa shape index (κ2) is 5.77. The Bertz CT molecular complexity index is 464. The maximum atomic E-state index is 8.60. The average molecular weight is 198 g/mol. The molecule has 0 saturated carbocycles. The first-order valence-electron chi connectivity index (χ1n) is 5.10. The van der Waals surface area contributed by atoms with Crippen LogP contribution in [0.2, 0.25) is 0 Å². The molecular formula is C13H14N2. The van der Waals surface area contributed by atoms with Crippen LogP contribution in [-0.4, -0.2) is 4.98 Å². The summed E-state index contributed by atoms with van der Waals surface area (Å²) in [5, 5.41) is 10.8. The number of hydrogen-bond donors (Lipinski definition) is 0. The topological polar surface area (TPSA) is 36.7 Å². The van der Waals surface area contributed by atoms with Crippen molar-refractivity contribution in [2.24, 2.45) is 0 Å². The standard InChI is InChI=1S/C11H8N2.C2H6/c12-6-5-10-8-13-7-9-3-1-2-4-11(9)10;1-2/h1-4,7-8H,5H2;1-2H3. The highest BCUT2D eigenvalue weighted by molar-refractivity contribution is 5.84. The highest BCUT2D eigenvalue weighted by Crippen LogP contribution is 2.16. The Morgan fingerprint density at radius 3 is 2.67 bits per heavy atom. The van der Waals surface area contributed by atoms with E-state index in [0.29, 0.717) is 6.42 Å². The van der Waals surface area contributed by atoms with Crippen LogP contribution in [-0.2, 0) is 6.42 Å². The van der Waals surface area contributed by atoms with E-state index in [1.807, 2.05) is 44.3 Å². The summed E-state index contributed by atoms with van der Waals surface area (Å²) in [4.78, 5) is 4.08. The fourth-order valence-corrected chi connectivity index (χ4v) is 1.41. The minimum absolute atomic E-state index is 0.425. The average Bonchev–Trinajstić information content (AvgIpc) is 2.33. The van der Waals surface area contributed by atoms with Crippen LogP contribution in [0.25, 0.3) is 10.8 Å². The van der Waals surface area contributed by atoms with Crippen LogP contribution in [0.4, 0.5) is 0 Å². The van der Waals surface area contributed by atoms with Crippen LogP contribution >= 0.6 is 0 Å². The summed E-state index contributed by atoms with van der Waals surface area (Å²) in [5.41, 5.74) is 1.00. The van der Waals surface area contributed by atoms with E-state index in [4.69, 9.17) is 5.26 Å². The Morgan fingerprint density at radius 2 is 1.93 bits per heavy atom. The van der Waals surface area contributed by atoms with E-state index in [1.54, 1.807) is 6.20 Å². The van der Waals surface area contributed by atoms with Gasteiger partial charge in [-0.05, 0) is 10.9 Å². The second-order valence-electron chi connectivity index (χ2n) is 2.85. The highest BCUT2D eigenvalue weighted by atomic mass is 14.6. The molecule has 0 bridgehead atoms. The first-order chi connectivity index (χ1) is 7.42. The van der Waals surface area contributed by atoms with Gasteiger partial charge < -0.3 is 0 Å². The summed E-state index contributed by atoms with van der Waals surface area (Å²) in [6, 6.07) is 10.1. The van der Waals surface area contributed by atoms with Crippen LogP contribution < -0.4 is 0 Å². The molecule has 2 aromatic rings. The number of aromatic nitrogens is 1. The molecule has 15 heavy (non-hydrogen) atoms. The third-order valence-corrected chi connectivity index (χ3v) is 2.02. The van der Waals surface area contributed by atoms with Crippen LogP contribution in [0, 0.1) is 11.3 Å². The first kappa shape index (κ1) is 11.2. The zero-order chi connectivity index (χ0) is 11.1. The molecule has 1 aromatic carbocycles. The SMILES string of the molecule is CC.N#CCc1cncc2ccccc12. The zero-order valence-corrected chi connectivity index (χ0v) is 9.07. The molecule has 2 nitrogen and oxygen atoms in total. The summed E-state index contributed by atoms with van der Waals surface area (Å²) in [7, 11) is 0. The third kappa shape index (κ3) is 2.54. The van der Waals surface area contributed by atoms with E-state index in [1.165, 1.54) is 0 Å². The minimum atomic E-state index is 0.425. The van der Waals surface area contributed by atoms with Gasteiger partial charge in [-0.3, -0.25) is 4.98 Å². The van der Waals surface area contributed by atoms with Gasteiger partial charge in [0.1, 0.15) is 0 Å². The molecule has 2 heteroatoms. The van der Waals surface area contributed by atoms with Crippen LogP contribution in [0.5, 0.6) is 0 Å². The summed E-state index contributed by atoms with van der Waals surface area (Å²) in [6.07, 6.45) is 4.00. The molecule has 0 aliphatic heterocycles. The molecule has 0 radical (unpaired) electrons. The van der Waals surface area contributed by atoms with E-state index in [2.05, 4.69) is 11.1 Å². The van der Waals surface area contributed by atoms with Gasteiger partial charge >= 0.3 is 0 Å². The maximum absolute atomic E-state index is 8.60. The number of benzene rings is 1. The monoisotopic (exact) mass is 198 g/mol. The lowest BCUT2D eigenvalue weighted by molar-refractivity contribution is 1.22. The molecule has 0 amide bonds. The lowest BCUT2D eigenvalue weighted by Crippen LogP contribution is -1.86. The zero-order valence-electron chi connectivity index (χ0n) is 9.07. The number of hydrogen-bond acceptors (Lipinski definition) is 2. The molecule has 0 atom stereocenters. The van der Waals surface area contributed by atoms with Crippen LogP contribution in [0.3, 0.4) is 0 Å². The fraction of sp³-hybridized carbons (Fsp3) is 0.231. The van der Waals surface area contributed by atoms with Crippen molar-refractivity contribution < 1.29 is 0 Å². The minimum Gasteiger partial charge on any atom is -0.264 e. The maximum Gasteiger partial charge on any atom is 0.0670 e. The predicted molar refractivity (Wildman–Crippen MR) is 62.4 cm³/mol. The molecule has 0 N–H and O–H groups in total. The first-order valence-corrected chi connectivity index (χ1v) is 5.10. The van der Waals surface area contributed by atoms with Crippen molar-refractivity contribution in [1.29, 1.82) is 5.26 Å². The van der Waals surface area contributed by atoms with Crippen LogP contribution in [0.15, 0.2) is 36.7 Å². The van der Waals surface area contributed by atoms with Crippen molar-refractivity contribution >= 4 is 10.8 Å². The number of nitriles is 1. The van der Waals surface area contributed by atoms with E-state index < -0.39 is 0 Å². The van der Waals surface area contributed by atoms with Gasteiger partial charge in [0.15, 0.2) is 0 Å².